The molecule has 1 N–H and O–H groups in total. The van der Waals surface area contributed by atoms with Crippen LogP contribution in [0.2, 0.25) is 0 Å². The third-order valence-electron chi connectivity index (χ3n) is 1.97. The molecule has 0 aliphatic rings. The molecule has 15 heavy (non-hydrogen) atoms. The molecule has 82 valence electrons. The van der Waals surface area contributed by atoms with E-state index in [1.807, 2.05) is 30.5 Å². The molecule has 0 saturated carbocycles. The summed E-state index contributed by atoms with van der Waals surface area (Å²) in [6.45, 7) is 2.58. The van der Waals surface area contributed by atoms with Crippen molar-refractivity contribution in [1.82, 2.24) is 5.32 Å². The summed E-state index contributed by atoms with van der Waals surface area (Å²) < 4.78 is 0. The van der Waals surface area contributed by atoms with E-state index in [2.05, 4.69) is 5.32 Å². The molecule has 0 saturated heterocycles. The van der Waals surface area contributed by atoms with Gasteiger partial charge in [0.2, 0.25) is 0 Å². The molecule has 0 spiro atoms. The van der Waals surface area contributed by atoms with Crippen LogP contribution in [0.5, 0.6) is 0 Å². The Labute approximate surface area is 99.0 Å². The predicted octanol–water partition coefficient (Wildman–Crippen LogP) is 2.84. The number of alkyl halides is 1. The van der Waals surface area contributed by atoms with Gasteiger partial charge in [0, 0.05) is 12.4 Å². The lowest BCUT2D eigenvalue weighted by Crippen LogP contribution is -2.23. The first kappa shape index (κ1) is 12.3. The molecule has 0 unspecified atom stereocenters. The first-order valence-corrected chi connectivity index (χ1v) is 6.26. The van der Waals surface area contributed by atoms with Gasteiger partial charge < -0.3 is 5.32 Å². The van der Waals surface area contributed by atoms with E-state index in [4.69, 9.17) is 11.6 Å². The number of carbonyl (C=O) groups is 1. The van der Waals surface area contributed by atoms with E-state index >= 15 is 0 Å². The second-order valence-corrected chi connectivity index (χ2v) is 4.19. The fourth-order valence-electron chi connectivity index (χ4n) is 1.19. The van der Waals surface area contributed by atoms with Crippen molar-refractivity contribution in [3.8, 4) is 0 Å². The van der Waals surface area contributed by atoms with Crippen LogP contribution in [0.1, 0.15) is 22.2 Å². The standard InChI is InChI=1S/C11H14ClNOS/c1-2-9-5-8-15-10(9)11(14)13-7-4-3-6-12/h3-5,8H,2,6-7H2,1H3,(H,13,14)/b4-3+. The van der Waals surface area contributed by atoms with E-state index in [0.717, 1.165) is 16.9 Å². The minimum Gasteiger partial charge on any atom is -0.348 e. The van der Waals surface area contributed by atoms with Gasteiger partial charge in [0.05, 0.1) is 4.88 Å². The molecule has 0 aliphatic carbocycles. The van der Waals surface area contributed by atoms with Gasteiger partial charge in [-0.25, -0.2) is 0 Å². The average Bonchev–Trinajstić information content (AvgIpc) is 2.72. The Kier molecular flexibility index (Phi) is 5.43. The number of rotatable bonds is 5. The number of nitrogens with one attached hydrogen (secondary N) is 1. The summed E-state index contributed by atoms with van der Waals surface area (Å²) in [5.74, 6) is 0.482. The average molecular weight is 244 g/mol. The maximum atomic E-state index is 11.7. The van der Waals surface area contributed by atoms with Crippen molar-refractivity contribution in [3.63, 3.8) is 0 Å². The van der Waals surface area contributed by atoms with Gasteiger partial charge in [-0.15, -0.1) is 22.9 Å². The summed E-state index contributed by atoms with van der Waals surface area (Å²) in [5.41, 5.74) is 1.11. The van der Waals surface area contributed by atoms with Crippen molar-refractivity contribution in [3.05, 3.63) is 34.0 Å². The molecule has 0 bridgehead atoms. The Morgan fingerprint density at radius 1 is 1.60 bits per heavy atom. The Balaban J connectivity index is 2.50. The number of hydrogen-bond donors (Lipinski definition) is 1. The van der Waals surface area contributed by atoms with Crippen molar-refractivity contribution in [2.45, 2.75) is 13.3 Å². The van der Waals surface area contributed by atoms with Crippen LogP contribution >= 0.6 is 22.9 Å². The van der Waals surface area contributed by atoms with Gasteiger partial charge in [-0.05, 0) is 23.4 Å². The van der Waals surface area contributed by atoms with E-state index < -0.39 is 0 Å². The molecule has 1 heterocycles. The highest BCUT2D eigenvalue weighted by Gasteiger charge is 2.10. The predicted molar refractivity (Wildman–Crippen MR) is 65.9 cm³/mol. The maximum Gasteiger partial charge on any atom is 0.261 e. The van der Waals surface area contributed by atoms with Crippen LogP contribution in [-0.2, 0) is 6.42 Å². The van der Waals surface area contributed by atoms with Gasteiger partial charge in [-0.2, -0.15) is 0 Å². The number of thiophene rings is 1. The van der Waals surface area contributed by atoms with E-state index in [-0.39, 0.29) is 5.91 Å². The van der Waals surface area contributed by atoms with Crippen molar-refractivity contribution in [2.24, 2.45) is 0 Å². The van der Waals surface area contributed by atoms with Gasteiger partial charge in [-0.3, -0.25) is 4.79 Å². The number of halogens is 1. The molecule has 0 aliphatic heterocycles. The largest absolute Gasteiger partial charge is 0.348 e. The number of carbonyl (C=O) groups excluding carboxylic acids is 1. The number of hydrogen-bond acceptors (Lipinski definition) is 2. The number of allylic oxidation sites excluding steroid dienone is 1. The topological polar surface area (TPSA) is 29.1 Å². The Morgan fingerprint density at radius 3 is 3.07 bits per heavy atom. The fourth-order valence-corrected chi connectivity index (χ4v) is 2.23. The molecule has 1 aromatic heterocycles. The molecule has 2 nitrogen and oxygen atoms in total. The van der Waals surface area contributed by atoms with Crippen LogP contribution in [0.3, 0.4) is 0 Å². The summed E-state index contributed by atoms with van der Waals surface area (Å²) in [6, 6.07) is 1.99. The monoisotopic (exact) mass is 243 g/mol. The van der Waals surface area contributed by atoms with E-state index in [1.165, 1.54) is 11.3 Å². The molecule has 4 heteroatoms. The molecule has 0 atom stereocenters. The van der Waals surface area contributed by atoms with Crippen LogP contribution in [-0.4, -0.2) is 18.3 Å². The molecule has 1 aromatic rings. The normalized spacial score (nSPS) is 10.8. The van der Waals surface area contributed by atoms with Gasteiger partial charge in [0.25, 0.3) is 5.91 Å². The summed E-state index contributed by atoms with van der Waals surface area (Å²) >= 11 is 6.95. The van der Waals surface area contributed by atoms with Crippen molar-refractivity contribution in [2.75, 3.05) is 12.4 Å². The lowest BCUT2D eigenvalue weighted by atomic mass is 10.2. The molecule has 0 fully saturated rings. The van der Waals surface area contributed by atoms with Crippen LogP contribution in [0, 0.1) is 0 Å². The smallest absolute Gasteiger partial charge is 0.261 e. The van der Waals surface area contributed by atoms with Crippen molar-refractivity contribution in [1.29, 1.82) is 0 Å². The van der Waals surface area contributed by atoms with Gasteiger partial charge in [0.15, 0.2) is 0 Å². The van der Waals surface area contributed by atoms with Gasteiger partial charge in [-0.1, -0.05) is 19.1 Å². The Hall–Kier alpha value is -0.800. The highest BCUT2D eigenvalue weighted by atomic mass is 35.5. The zero-order valence-electron chi connectivity index (χ0n) is 8.63. The second kappa shape index (κ2) is 6.64. The van der Waals surface area contributed by atoms with E-state index in [0.29, 0.717) is 12.4 Å². The third-order valence-corrected chi connectivity index (χ3v) is 3.10. The van der Waals surface area contributed by atoms with E-state index in [9.17, 15) is 4.79 Å². The molecule has 1 amide bonds. The van der Waals surface area contributed by atoms with E-state index in [1.54, 1.807) is 0 Å². The zero-order chi connectivity index (χ0) is 11.1. The van der Waals surface area contributed by atoms with Crippen molar-refractivity contribution < 1.29 is 4.79 Å². The highest BCUT2D eigenvalue weighted by Crippen LogP contribution is 2.16. The SMILES string of the molecule is CCc1ccsc1C(=O)NC/C=C/CCl. The fraction of sp³-hybridized carbons (Fsp3) is 0.364. The minimum atomic E-state index is 0.000993. The highest BCUT2D eigenvalue weighted by molar-refractivity contribution is 7.12. The van der Waals surface area contributed by atoms with Gasteiger partial charge >= 0.3 is 0 Å². The number of amides is 1. The number of aryl methyl sites for hydroxylation is 1. The zero-order valence-corrected chi connectivity index (χ0v) is 10.2. The van der Waals surface area contributed by atoms with Crippen LogP contribution in [0.15, 0.2) is 23.6 Å². The quantitative estimate of drug-likeness (QED) is 0.625. The first-order valence-electron chi connectivity index (χ1n) is 4.85. The lowest BCUT2D eigenvalue weighted by Gasteiger charge is -2.01. The van der Waals surface area contributed by atoms with Crippen LogP contribution < -0.4 is 5.32 Å². The summed E-state index contributed by atoms with van der Waals surface area (Å²) in [4.78, 5) is 12.5. The molecular formula is C11H14ClNOS. The lowest BCUT2D eigenvalue weighted by molar-refractivity contribution is 0.0961. The Bertz CT molecular complexity index is 346. The first-order chi connectivity index (χ1) is 7.29. The summed E-state index contributed by atoms with van der Waals surface area (Å²) in [7, 11) is 0. The second-order valence-electron chi connectivity index (χ2n) is 2.96. The van der Waals surface area contributed by atoms with Crippen LogP contribution in [0.4, 0.5) is 0 Å². The summed E-state index contributed by atoms with van der Waals surface area (Å²) in [6.07, 6.45) is 4.56. The van der Waals surface area contributed by atoms with Crippen molar-refractivity contribution >= 4 is 28.8 Å². The molecule has 1 rings (SSSR count). The van der Waals surface area contributed by atoms with Crippen LogP contribution in [0.25, 0.3) is 0 Å². The summed E-state index contributed by atoms with van der Waals surface area (Å²) in [5, 5.41) is 4.77. The minimum absolute atomic E-state index is 0.000993. The molecule has 0 aromatic carbocycles. The maximum absolute atomic E-state index is 11.7. The third kappa shape index (κ3) is 3.68. The molecule has 0 radical (unpaired) electrons. The molecular weight excluding hydrogens is 230 g/mol. The van der Waals surface area contributed by atoms with Gasteiger partial charge in [0.1, 0.15) is 0 Å². The Morgan fingerprint density at radius 2 is 2.40 bits per heavy atom.